The van der Waals surface area contributed by atoms with Crippen molar-refractivity contribution >= 4 is 23.3 Å². The van der Waals surface area contributed by atoms with Crippen LogP contribution in [-0.4, -0.2) is 31.6 Å². The van der Waals surface area contributed by atoms with E-state index >= 15 is 0 Å². The van der Waals surface area contributed by atoms with Gasteiger partial charge in [0.05, 0.1) is 5.92 Å². The Balaban J connectivity index is 1.49. The molecule has 0 aromatic heterocycles. The second-order valence-electron chi connectivity index (χ2n) is 7.12. The maximum absolute atomic E-state index is 12.3. The molecule has 0 radical (unpaired) electrons. The fourth-order valence-corrected chi connectivity index (χ4v) is 3.57. The first-order valence-corrected chi connectivity index (χ1v) is 10.0. The van der Waals surface area contributed by atoms with Crippen molar-refractivity contribution in [1.29, 1.82) is 0 Å². The van der Waals surface area contributed by atoms with Crippen LogP contribution in [0.25, 0.3) is 0 Å². The van der Waals surface area contributed by atoms with Crippen molar-refractivity contribution in [3.8, 4) is 0 Å². The van der Waals surface area contributed by atoms with Gasteiger partial charge in [0.25, 0.3) is 5.91 Å². The van der Waals surface area contributed by atoms with Crippen LogP contribution >= 0.6 is 0 Å². The summed E-state index contributed by atoms with van der Waals surface area (Å²) in [6.45, 7) is 3.82. The van der Waals surface area contributed by atoms with Gasteiger partial charge in [-0.05, 0) is 55.5 Å². The van der Waals surface area contributed by atoms with Crippen molar-refractivity contribution in [3.63, 3.8) is 0 Å². The summed E-state index contributed by atoms with van der Waals surface area (Å²) >= 11 is 0. The number of nitrogens with zero attached hydrogens (tertiary/aromatic N) is 1. The third kappa shape index (κ3) is 5.35. The normalized spacial score (nSPS) is 15.0. The van der Waals surface area contributed by atoms with Crippen LogP contribution in [0.2, 0.25) is 0 Å². The average Bonchev–Trinajstić information content (AvgIpc) is 2.75. The predicted molar refractivity (Wildman–Crippen MR) is 112 cm³/mol. The summed E-state index contributed by atoms with van der Waals surface area (Å²) in [6.07, 6.45) is 4.38. The molecule has 0 aliphatic carbocycles. The van der Waals surface area contributed by atoms with Crippen LogP contribution < -0.4 is 10.2 Å². The van der Waals surface area contributed by atoms with E-state index in [1.807, 2.05) is 61.5 Å². The fourth-order valence-electron chi connectivity index (χ4n) is 3.57. The fraction of sp³-hybridized carbons (Fsp3) is 0.391. The van der Waals surface area contributed by atoms with E-state index in [9.17, 15) is 9.59 Å². The lowest BCUT2D eigenvalue weighted by Crippen LogP contribution is -2.29. The molecule has 1 aliphatic heterocycles. The highest BCUT2D eigenvalue weighted by Gasteiger charge is 2.21. The third-order valence-corrected chi connectivity index (χ3v) is 5.11. The minimum atomic E-state index is -0.371. The second kappa shape index (κ2) is 9.93. The van der Waals surface area contributed by atoms with Crippen LogP contribution in [0, 0.1) is 0 Å². The number of hydrogen-bond donors (Lipinski definition) is 1. The molecule has 0 unspecified atom stereocenters. The average molecular weight is 380 g/mol. The molecule has 2 aromatic carbocycles. The number of ether oxygens (including phenoxy) is 1. The van der Waals surface area contributed by atoms with Crippen LogP contribution in [0.15, 0.2) is 54.6 Å². The molecule has 148 valence electrons. The summed E-state index contributed by atoms with van der Waals surface area (Å²) < 4.78 is 5.24. The van der Waals surface area contributed by atoms with Gasteiger partial charge in [0.15, 0.2) is 6.61 Å². The maximum atomic E-state index is 12.3. The number of anilines is 2. The van der Waals surface area contributed by atoms with Crippen molar-refractivity contribution < 1.29 is 14.3 Å². The summed E-state index contributed by atoms with van der Waals surface area (Å²) in [5.41, 5.74) is 2.79. The van der Waals surface area contributed by atoms with Gasteiger partial charge >= 0.3 is 5.97 Å². The molecule has 1 saturated heterocycles. The molecule has 0 spiro atoms. The topological polar surface area (TPSA) is 58.6 Å². The van der Waals surface area contributed by atoms with E-state index < -0.39 is 0 Å². The Kier molecular flexibility index (Phi) is 7.06. The second-order valence-corrected chi connectivity index (χ2v) is 7.12. The molecule has 0 bridgehead atoms. The van der Waals surface area contributed by atoms with Crippen LogP contribution in [0.4, 0.5) is 11.4 Å². The third-order valence-electron chi connectivity index (χ3n) is 5.11. The highest BCUT2D eigenvalue weighted by atomic mass is 16.5. The van der Waals surface area contributed by atoms with Crippen LogP contribution in [0.5, 0.6) is 0 Å². The number of carbonyl (C=O) groups is 2. The number of esters is 1. The highest BCUT2D eigenvalue weighted by molar-refractivity contribution is 5.93. The zero-order chi connectivity index (χ0) is 19.8. The quantitative estimate of drug-likeness (QED) is 0.726. The van der Waals surface area contributed by atoms with E-state index in [1.54, 1.807) is 0 Å². The van der Waals surface area contributed by atoms with Crippen molar-refractivity contribution in [2.24, 2.45) is 0 Å². The molecule has 1 atom stereocenters. The Morgan fingerprint density at radius 1 is 1.00 bits per heavy atom. The largest absolute Gasteiger partial charge is 0.455 e. The molecule has 5 nitrogen and oxygen atoms in total. The molecule has 1 heterocycles. The van der Waals surface area contributed by atoms with Crippen LogP contribution in [0.1, 0.15) is 44.1 Å². The van der Waals surface area contributed by atoms with Crippen LogP contribution in [-0.2, 0) is 14.3 Å². The Hall–Kier alpha value is -2.82. The first-order valence-electron chi connectivity index (χ1n) is 10.0. The van der Waals surface area contributed by atoms with E-state index in [-0.39, 0.29) is 24.4 Å². The summed E-state index contributed by atoms with van der Waals surface area (Å²) in [5.74, 6) is -1.05. The van der Waals surface area contributed by atoms with E-state index in [1.165, 1.54) is 24.9 Å². The molecule has 0 saturated carbocycles. The summed E-state index contributed by atoms with van der Waals surface area (Å²) in [7, 11) is 0. The molecular weight excluding hydrogens is 352 g/mol. The number of amides is 1. The number of piperidine rings is 1. The first-order chi connectivity index (χ1) is 13.7. The Bertz CT molecular complexity index is 768. The highest BCUT2D eigenvalue weighted by Crippen LogP contribution is 2.22. The molecule has 3 rings (SSSR count). The van der Waals surface area contributed by atoms with E-state index in [0.717, 1.165) is 18.7 Å². The van der Waals surface area contributed by atoms with Crippen LogP contribution in [0.3, 0.4) is 0 Å². The van der Waals surface area contributed by atoms with E-state index in [0.29, 0.717) is 12.1 Å². The number of benzene rings is 2. The molecule has 1 fully saturated rings. The number of nitrogens with one attached hydrogen (secondary N) is 1. The molecule has 5 heteroatoms. The van der Waals surface area contributed by atoms with Gasteiger partial charge in [-0.15, -0.1) is 0 Å². The van der Waals surface area contributed by atoms with Crippen molar-refractivity contribution in [1.82, 2.24) is 0 Å². The minimum Gasteiger partial charge on any atom is -0.455 e. The zero-order valence-corrected chi connectivity index (χ0v) is 16.4. The van der Waals surface area contributed by atoms with Gasteiger partial charge in [-0.3, -0.25) is 9.59 Å². The lowest BCUT2D eigenvalue weighted by Gasteiger charge is -2.28. The summed E-state index contributed by atoms with van der Waals surface area (Å²) in [6, 6.07) is 17.3. The van der Waals surface area contributed by atoms with Crippen molar-refractivity contribution in [3.05, 3.63) is 60.2 Å². The van der Waals surface area contributed by atoms with Gasteiger partial charge in [0.1, 0.15) is 0 Å². The molecule has 2 aromatic rings. The smallest absolute Gasteiger partial charge is 0.313 e. The number of hydrogen-bond acceptors (Lipinski definition) is 4. The van der Waals surface area contributed by atoms with E-state index in [4.69, 9.17) is 4.74 Å². The number of carbonyl (C=O) groups excluding carboxylic acids is 2. The summed E-state index contributed by atoms with van der Waals surface area (Å²) in [4.78, 5) is 26.9. The molecule has 1 amide bonds. The van der Waals surface area contributed by atoms with Crippen molar-refractivity contribution in [2.75, 3.05) is 29.9 Å². The lowest BCUT2D eigenvalue weighted by atomic mass is 9.97. The van der Waals surface area contributed by atoms with Gasteiger partial charge in [-0.2, -0.15) is 0 Å². The predicted octanol–water partition coefficient (Wildman–Crippen LogP) is 4.35. The van der Waals surface area contributed by atoms with Gasteiger partial charge in [-0.1, -0.05) is 37.3 Å². The number of rotatable bonds is 7. The Morgan fingerprint density at radius 2 is 1.68 bits per heavy atom. The van der Waals surface area contributed by atoms with E-state index in [2.05, 4.69) is 10.2 Å². The summed E-state index contributed by atoms with van der Waals surface area (Å²) in [5, 5.41) is 2.79. The molecule has 28 heavy (non-hydrogen) atoms. The zero-order valence-electron chi connectivity index (χ0n) is 16.4. The minimum absolute atomic E-state index is 0.282. The van der Waals surface area contributed by atoms with Crippen molar-refractivity contribution in [2.45, 2.75) is 38.5 Å². The molecular formula is C23H28N2O3. The lowest BCUT2D eigenvalue weighted by molar-refractivity contribution is -0.149. The van der Waals surface area contributed by atoms with Gasteiger partial charge in [0, 0.05) is 24.5 Å². The first kappa shape index (κ1) is 19.9. The SMILES string of the molecule is CC[C@H](C(=O)OCC(=O)Nc1ccc(N2CCCCC2)cc1)c1ccccc1. The Labute approximate surface area is 166 Å². The molecule has 1 aliphatic rings. The Morgan fingerprint density at radius 3 is 2.32 bits per heavy atom. The van der Waals surface area contributed by atoms with Gasteiger partial charge in [0.2, 0.25) is 0 Å². The monoisotopic (exact) mass is 380 g/mol. The van der Waals surface area contributed by atoms with Gasteiger partial charge in [-0.25, -0.2) is 0 Å². The van der Waals surface area contributed by atoms with Gasteiger partial charge < -0.3 is 15.0 Å². The standard InChI is InChI=1S/C23H28N2O3/c1-2-21(18-9-5-3-6-10-18)23(27)28-17-22(26)24-19-11-13-20(14-12-19)25-15-7-4-8-16-25/h3,5-6,9-14,21H,2,4,7-8,15-17H2,1H3,(H,24,26)/t21-/m0/s1. The maximum Gasteiger partial charge on any atom is 0.313 e. The molecule has 1 N–H and O–H groups in total.